The molecular weight excluding hydrogens is 335 g/mol. The summed E-state index contributed by atoms with van der Waals surface area (Å²) in [6.07, 6.45) is 2.15. The quantitative estimate of drug-likeness (QED) is 0.566. The van der Waals surface area contributed by atoms with Crippen LogP contribution in [0.4, 0.5) is 4.39 Å². The number of aromatic nitrogens is 6. The van der Waals surface area contributed by atoms with E-state index in [0.29, 0.717) is 17.7 Å². The fourth-order valence-corrected chi connectivity index (χ4v) is 3.01. The van der Waals surface area contributed by atoms with Gasteiger partial charge in [0.1, 0.15) is 12.1 Å². The predicted molar refractivity (Wildman–Crippen MR) is 95.5 cm³/mol. The third kappa shape index (κ3) is 2.37. The van der Waals surface area contributed by atoms with Crippen molar-refractivity contribution in [1.82, 2.24) is 29.4 Å². The molecule has 3 heterocycles. The Morgan fingerprint density at radius 2 is 1.85 bits per heavy atom. The summed E-state index contributed by atoms with van der Waals surface area (Å²) in [6.45, 7) is 5.77. The highest BCUT2D eigenvalue weighted by atomic mass is 19.1. The van der Waals surface area contributed by atoms with Crippen LogP contribution in [0.3, 0.4) is 0 Å². The molecule has 8 heteroatoms. The minimum atomic E-state index is -0.310. The van der Waals surface area contributed by atoms with E-state index in [1.165, 1.54) is 23.0 Å². The molecule has 0 bridgehead atoms. The van der Waals surface area contributed by atoms with E-state index in [2.05, 4.69) is 20.3 Å². The van der Waals surface area contributed by atoms with Gasteiger partial charge in [0.25, 0.3) is 5.56 Å². The normalized spacial score (nSPS) is 11.7. The van der Waals surface area contributed by atoms with Crippen LogP contribution in [0.2, 0.25) is 0 Å². The number of halogens is 1. The fourth-order valence-electron chi connectivity index (χ4n) is 3.01. The van der Waals surface area contributed by atoms with Gasteiger partial charge >= 0.3 is 0 Å². The lowest BCUT2D eigenvalue weighted by Gasteiger charge is -2.09. The van der Waals surface area contributed by atoms with Crippen LogP contribution in [0.25, 0.3) is 27.9 Å². The molecule has 0 aliphatic carbocycles. The fraction of sp³-hybridized carbons (Fsp3) is 0.278. The van der Waals surface area contributed by atoms with Crippen LogP contribution < -0.4 is 5.56 Å². The van der Waals surface area contributed by atoms with Crippen LogP contribution in [0.15, 0.2) is 35.4 Å². The summed E-state index contributed by atoms with van der Waals surface area (Å²) in [6, 6.07) is 6.12. The molecule has 0 saturated heterocycles. The van der Waals surface area contributed by atoms with Crippen LogP contribution in [0.1, 0.15) is 32.5 Å². The number of aryl methyl sites for hydroxylation is 1. The summed E-state index contributed by atoms with van der Waals surface area (Å²) < 4.78 is 16.3. The molecule has 3 aromatic heterocycles. The number of fused-ring (bicyclic) bond motifs is 3. The van der Waals surface area contributed by atoms with Crippen LogP contribution >= 0.6 is 0 Å². The van der Waals surface area contributed by atoms with E-state index in [1.54, 1.807) is 16.6 Å². The van der Waals surface area contributed by atoms with Crippen LogP contribution in [-0.2, 0) is 6.42 Å². The molecule has 132 valence electrons. The molecule has 7 nitrogen and oxygen atoms in total. The molecule has 0 aliphatic rings. The average Bonchev–Trinajstić information content (AvgIpc) is 3.01. The lowest BCUT2D eigenvalue weighted by molar-refractivity contribution is 0.570. The topological polar surface area (TPSA) is 78.0 Å². The Labute approximate surface area is 148 Å². The molecular formula is C18H17FN6O. The van der Waals surface area contributed by atoms with E-state index in [0.717, 1.165) is 16.8 Å². The molecule has 0 amide bonds. The molecule has 4 rings (SSSR count). The molecule has 0 fully saturated rings. The number of hydrogen-bond donors (Lipinski definition) is 0. The number of benzene rings is 1. The van der Waals surface area contributed by atoms with Crippen molar-refractivity contribution in [3.63, 3.8) is 0 Å². The summed E-state index contributed by atoms with van der Waals surface area (Å²) in [5.41, 5.74) is 3.13. The Morgan fingerprint density at radius 1 is 1.12 bits per heavy atom. The monoisotopic (exact) mass is 352 g/mol. The zero-order valence-electron chi connectivity index (χ0n) is 14.6. The number of rotatable bonds is 3. The first kappa shape index (κ1) is 16.3. The van der Waals surface area contributed by atoms with Crippen molar-refractivity contribution >= 4 is 16.8 Å². The van der Waals surface area contributed by atoms with E-state index in [4.69, 9.17) is 0 Å². The first-order valence-electron chi connectivity index (χ1n) is 8.42. The van der Waals surface area contributed by atoms with Crippen LogP contribution in [0.5, 0.6) is 0 Å². The lowest BCUT2D eigenvalue weighted by Crippen LogP contribution is -2.24. The SMILES string of the molecule is CCc1nn2c(nnc3c(=O)n(C(C)C)cnc32)c1-c1ccc(F)cc1. The molecule has 0 aliphatic heterocycles. The molecule has 4 aromatic rings. The average molecular weight is 352 g/mol. The Hall–Kier alpha value is -3.16. The predicted octanol–water partition coefficient (Wildman–Crippen LogP) is 2.78. The molecule has 1 aromatic carbocycles. The second kappa shape index (κ2) is 5.98. The second-order valence-corrected chi connectivity index (χ2v) is 6.34. The van der Waals surface area contributed by atoms with Crippen LogP contribution in [-0.4, -0.2) is 29.4 Å². The minimum absolute atomic E-state index is 0.0319. The van der Waals surface area contributed by atoms with Gasteiger partial charge in [-0.2, -0.15) is 9.61 Å². The van der Waals surface area contributed by atoms with E-state index < -0.39 is 0 Å². The zero-order chi connectivity index (χ0) is 18.4. The van der Waals surface area contributed by atoms with Crippen molar-refractivity contribution < 1.29 is 4.39 Å². The third-order valence-corrected chi connectivity index (χ3v) is 4.36. The van der Waals surface area contributed by atoms with Crippen LogP contribution in [0, 0.1) is 5.82 Å². The molecule has 0 N–H and O–H groups in total. The van der Waals surface area contributed by atoms with Gasteiger partial charge < -0.3 is 0 Å². The minimum Gasteiger partial charge on any atom is -0.295 e. The van der Waals surface area contributed by atoms with Gasteiger partial charge in [0.2, 0.25) is 0 Å². The Kier molecular flexibility index (Phi) is 3.75. The van der Waals surface area contributed by atoms with Gasteiger partial charge in [0, 0.05) is 6.04 Å². The highest BCUT2D eigenvalue weighted by Gasteiger charge is 2.19. The summed E-state index contributed by atoms with van der Waals surface area (Å²) in [4.78, 5) is 17.0. The molecule has 0 saturated carbocycles. The molecule has 0 unspecified atom stereocenters. The number of hydrogen-bond acceptors (Lipinski definition) is 5. The van der Waals surface area contributed by atoms with Gasteiger partial charge in [-0.3, -0.25) is 9.36 Å². The van der Waals surface area contributed by atoms with Crippen molar-refractivity contribution in [3.05, 3.63) is 52.5 Å². The maximum Gasteiger partial charge on any atom is 0.283 e. The summed E-state index contributed by atoms with van der Waals surface area (Å²) in [5.74, 6) is -0.310. The van der Waals surface area contributed by atoms with E-state index in [1.807, 2.05) is 20.8 Å². The summed E-state index contributed by atoms with van der Waals surface area (Å²) in [5, 5.41) is 12.9. The number of nitrogens with zero attached hydrogens (tertiary/aromatic N) is 6. The lowest BCUT2D eigenvalue weighted by atomic mass is 10.0. The maximum absolute atomic E-state index is 13.3. The van der Waals surface area contributed by atoms with Crippen molar-refractivity contribution in [1.29, 1.82) is 0 Å². The maximum atomic E-state index is 13.3. The first-order valence-corrected chi connectivity index (χ1v) is 8.42. The van der Waals surface area contributed by atoms with Crippen molar-refractivity contribution in [2.45, 2.75) is 33.2 Å². The smallest absolute Gasteiger partial charge is 0.283 e. The molecule has 0 radical (unpaired) electrons. The van der Waals surface area contributed by atoms with Crippen molar-refractivity contribution in [2.75, 3.05) is 0 Å². The van der Waals surface area contributed by atoms with E-state index in [9.17, 15) is 9.18 Å². The van der Waals surface area contributed by atoms with Crippen molar-refractivity contribution in [3.8, 4) is 11.1 Å². The van der Waals surface area contributed by atoms with Gasteiger partial charge in [-0.05, 0) is 38.0 Å². The molecule has 0 atom stereocenters. The Bertz CT molecular complexity index is 1180. The second-order valence-electron chi connectivity index (χ2n) is 6.34. The molecule has 26 heavy (non-hydrogen) atoms. The van der Waals surface area contributed by atoms with Gasteiger partial charge in [-0.15, -0.1) is 10.2 Å². The standard InChI is InChI=1S/C18H17FN6O/c1-4-13-14(11-5-7-12(19)8-6-11)16-22-21-15-17(25(16)23-13)20-9-24(10(2)3)18(15)26/h5-10H,4H2,1-3H3. The van der Waals surface area contributed by atoms with Gasteiger partial charge in [-0.25, -0.2) is 9.37 Å². The van der Waals surface area contributed by atoms with E-state index >= 15 is 0 Å². The largest absolute Gasteiger partial charge is 0.295 e. The zero-order valence-corrected chi connectivity index (χ0v) is 14.6. The van der Waals surface area contributed by atoms with Gasteiger partial charge in [-0.1, -0.05) is 19.1 Å². The Balaban J connectivity index is 2.06. The summed E-state index contributed by atoms with van der Waals surface area (Å²) >= 11 is 0. The highest BCUT2D eigenvalue weighted by Crippen LogP contribution is 2.28. The van der Waals surface area contributed by atoms with Gasteiger partial charge in [0.05, 0.1) is 11.3 Å². The first-order chi connectivity index (χ1) is 12.5. The van der Waals surface area contributed by atoms with E-state index in [-0.39, 0.29) is 22.9 Å². The van der Waals surface area contributed by atoms with Crippen molar-refractivity contribution in [2.24, 2.45) is 0 Å². The Morgan fingerprint density at radius 3 is 2.50 bits per heavy atom. The van der Waals surface area contributed by atoms with Gasteiger partial charge in [0.15, 0.2) is 16.8 Å². The third-order valence-electron chi connectivity index (χ3n) is 4.36. The highest BCUT2D eigenvalue weighted by molar-refractivity contribution is 5.83. The summed E-state index contributed by atoms with van der Waals surface area (Å²) in [7, 11) is 0. The molecule has 0 spiro atoms.